The van der Waals surface area contributed by atoms with Gasteiger partial charge in [-0.05, 0) is 44.3 Å². The summed E-state index contributed by atoms with van der Waals surface area (Å²) >= 11 is 0. The normalized spacial score (nSPS) is 15.9. The van der Waals surface area contributed by atoms with Crippen LogP contribution < -0.4 is 15.5 Å². The Morgan fingerprint density at radius 3 is 2.56 bits per heavy atom. The van der Waals surface area contributed by atoms with Crippen molar-refractivity contribution in [3.8, 4) is 11.4 Å². The summed E-state index contributed by atoms with van der Waals surface area (Å²) in [5.41, 5.74) is 2.38. The zero-order chi connectivity index (χ0) is 24.5. The molecular formula is C25H27N11. The van der Waals surface area contributed by atoms with Gasteiger partial charge in [0.2, 0.25) is 0 Å². The van der Waals surface area contributed by atoms with E-state index in [1.165, 1.54) is 0 Å². The van der Waals surface area contributed by atoms with Crippen molar-refractivity contribution >= 4 is 34.8 Å². The van der Waals surface area contributed by atoms with Crippen molar-refractivity contribution in [3.05, 3.63) is 60.6 Å². The lowest BCUT2D eigenvalue weighted by atomic mass is 10.2. The molecule has 1 saturated heterocycles. The van der Waals surface area contributed by atoms with E-state index < -0.39 is 0 Å². The largest absolute Gasteiger partial charge is 0.353 e. The first-order valence-corrected chi connectivity index (χ1v) is 12.0. The van der Waals surface area contributed by atoms with Gasteiger partial charge in [-0.25, -0.2) is 15.0 Å². The maximum atomic E-state index is 4.78. The second kappa shape index (κ2) is 9.34. The summed E-state index contributed by atoms with van der Waals surface area (Å²) in [7, 11) is 2.14. The fourth-order valence-electron chi connectivity index (χ4n) is 4.38. The van der Waals surface area contributed by atoms with Crippen LogP contribution in [0.15, 0.2) is 59.7 Å². The van der Waals surface area contributed by atoms with Crippen LogP contribution in [0, 0.1) is 6.92 Å². The van der Waals surface area contributed by atoms with Crippen LogP contribution in [0.1, 0.15) is 5.82 Å². The lowest BCUT2D eigenvalue weighted by Gasteiger charge is -2.32. The van der Waals surface area contributed by atoms with Crippen LogP contribution >= 0.6 is 0 Å². The number of hydrogen-bond acceptors (Lipinski definition) is 10. The molecule has 0 amide bonds. The highest BCUT2D eigenvalue weighted by Crippen LogP contribution is 2.30. The van der Waals surface area contributed by atoms with Crippen LogP contribution in [0.3, 0.4) is 0 Å². The number of anilines is 4. The summed E-state index contributed by atoms with van der Waals surface area (Å²) in [6.07, 6.45) is 5.93. The van der Waals surface area contributed by atoms with Crippen LogP contribution in [0.4, 0.5) is 23.3 Å². The molecule has 6 heterocycles. The van der Waals surface area contributed by atoms with Crippen LogP contribution in [0.2, 0.25) is 0 Å². The Balaban J connectivity index is 1.30. The Morgan fingerprint density at radius 1 is 0.889 bits per heavy atom. The molecule has 11 heteroatoms. The first kappa shape index (κ1) is 22.1. The van der Waals surface area contributed by atoms with Gasteiger partial charge in [-0.3, -0.25) is 9.39 Å². The first-order valence-electron chi connectivity index (χ1n) is 12.0. The van der Waals surface area contributed by atoms with Gasteiger partial charge < -0.3 is 20.4 Å². The number of piperazine rings is 1. The van der Waals surface area contributed by atoms with Crippen LogP contribution in [0.5, 0.6) is 0 Å². The number of nitrogens with zero attached hydrogens (tertiary/aromatic N) is 9. The molecule has 182 valence electrons. The van der Waals surface area contributed by atoms with Gasteiger partial charge in [-0.1, -0.05) is 12.1 Å². The average molecular weight is 482 g/mol. The van der Waals surface area contributed by atoms with Crippen molar-refractivity contribution in [2.75, 3.05) is 55.3 Å². The third kappa shape index (κ3) is 4.48. The maximum absolute atomic E-state index is 4.78. The van der Waals surface area contributed by atoms with Gasteiger partial charge in [0.15, 0.2) is 17.5 Å². The van der Waals surface area contributed by atoms with E-state index in [2.05, 4.69) is 47.7 Å². The number of nitrogens with one attached hydrogen (secondary N) is 2. The Hall–Kier alpha value is -4.38. The molecule has 1 fully saturated rings. The minimum atomic E-state index is 0.624. The highest BCUT2D eigenvalue weighted by atomic mass is 15.3. The maximum Gasteiger partial charge on any atom is 0.160 e. The number of aliphatic imine (C=N–C) groups is 1. The summed E-state index contributed by atoms with van der Waals surface area (Å²) in [6, 6.07) is 11.7. The predicted octanol–water partition coefficient (Wildman–Crippen LogP) is 2.77. The number of rotatable bonds is 5. The van der Waals surface area contributed by atoms with Gasteiger partial charge in [-0.2, -0.15) is 0 Å². The van der Waals surface area contributed by atoms with E-state index in [1.54, 1.807) is 0 Å². The average Bonchev–Trinajstić information content (AvgIpc) is 3.52. The highest BCUT2D eigenvalue weighted by Gasteiger charge is 2.19. The quantitative estimate of drug-likeness (QED) is 0.444. The summed E-state index contributed by atoms with van der Waals surface area (Å²) in [5, 5.41) is 15.5. The number of imidazole rings is 1. The lowest BCUT2D eigenvalue weighted by molar-refractivity contribution is 0.312. The molecule has 0 aromatic carbocycles. The number of aryl methyl sites for hydroxylation is 1. The van der Waals surface area contributed by atoms with Crippen LogP contribution in [0.25, 0.3) is 17.0 Å². The van der Waals surface area contributed by atoms with E-state index in [-0.39, 0.29) is 0 Å². The van der Waals surface area contributed by atoms with E-state index >= 15 is 0 Å². The SMILES string of the molecule is Cc1nc(Nc2ccc(N3CCN(C)CC3)nn2)cc(-c2c(NC3=NCC=C3)nc3ccccn23)n1. The third-order valence-corrected chi connectivity index (χ3v) is 6.23. The number of amidine groups is 1. The Morgan fingerprint density at radius 2 is 1.78 bits per heavy atom. The van der Waals surface area contributed by atoms with Gasteiger partial charge in [-0.15, -0.1) is 10.2 Å². The molecule has 0 spiro atoms. The molecule has 2 N–H and O–H groups in total. The standard InChI is InChI=1S/C25H27N11/c1-17-27-18(24-25(30-19-6-5-10-26-19)31-22-7-3-4-11-36(22)24)16-21(28-17)29-20-8-9-23(33-32-20)35-14-12-34(2)13-15-35/h3-9,11,16H,10,12-15H2,1-2H3,(H,26,30)(H,27,28,29,32). The van der Waals surface area contributed by atoms with Crippen molar-refractivity contribution in [1.82, 2.24) is 34.4 Å². The molecule has 0 aliphatic carbocycles. The van der Waals surface area contributed by atoms with Crippen molar-refractivity contribution in [1.29, 1.82) is 0 Å². The van der Waals surface area contributed by atoms with Crippen LogP contribution in [-0.2, 0) is 0 Å². The molecule has 11 nitrogen and oxygen atoms in total. The fraction of sp³-hybridized carbons (Fsp3) is 0.280. The van der Waals surface area contributed by atoms with Crippen molar-refractivity contribution in [2.24, 2.45) is 4.99 Å². The molecule has 0 bridgehead atoms. The molecule has 0 radical (unpaired) electrons. The Labute approximate surface area is 208 Å². The fourth-order valence-corrected chi connectivity index (χ4v) is 4.38. The number of fused-ring (bicyclic) bond motifs is 1. The summed E-state index contributed by atoms with van der Waals surface area (Å²) in [6.45, 7) is 6.48. The monoisotopic (exact) mass is 481 g/mol. The summed E-state index contributed by atoms with van der Waals surface area (Å²) in [5.74, 6) is 4.24. The van der Waals surface area contributed by atoms with Gasteiger partial charge in [0.05, 0.1) is 12.2 Å². The zero-order valence-corrected chi connectivity index (χ0v) is 20.3. The molecule has 4 aromatic rings. The lowest BCUT2D eigenvalue weighted by Crippen LogP contribution is -2.44. The van der Waals surface area contributed by atoms with Crippen molar-refractivity contribution < 1.29 is 0 Å². The molecule has 36 heavy (non-hydrogen) atoms. The highest BCUT2D eigenvalue weighted by molar-refractivity contribution is 6.06. The minimum absolute atomic E-state index is 0.624. The van der Waals surface area contributed by atoms with Crippen molar-refractivity contribution in [2.45, 2.75) is 6.92 Å². The molecule has 6 rings (SSSR count). The summed E-state index contributed by atoms with van der Waals surface area (Å²) < 4.78 is 2.01. The smallest absolute Gasteiger partial charge is 0.160 e. The van der Waals surface area contributed by atoms with Crippen molar-refractivity contribution in [3.63, 3.8) is 0 Å². The minimum Gasteiger partial charge on any atom is -0.353 e. The number of pyridine rings is 1. The van der Waals surface area contributed by atoms with E-state index in [0.29, 0.717) is 29.8 Å². The second-order valence-corrected chi connectivity index (χ2v) is 8.87. The number of hydrogen-bond donors (Lipinski definition) is 2. The third-order valence-electron chi connectivity index (χ3n) is 6.23. The number of likely N-dealkylation sites (N-methyl/N-ethyl adjacent to an activating group) is 1. The van der Waals surface area contributed by atoms with Gasteiger partial charge in [0, 0.05) is 38.4 Å². The zero-order valence-electron chi connectivity index (χ0n) is 20.3. The van der Waals surface area contributed by atoms with E-state index in [9.17, 15) is 0 Å². The second-order valence-electron chi connectivity index (χ2n) is 8.87. The molecular weight excluding hydrogens is 454 g/mol. The van der Waals surface area contributed by atoms with E-state index in [0.717, 1.165) is 54.9 Å². The van der Waals surface area contributed by atoms with Gasteiger partial charge >= 0.3 is 0 Å². The van der Waals surface area contributed by atoms with Gasteiger partial charge in [0.1, 0.15) is 28.8 Å². The Bertz CT molecular complexity index is 1450. The molecule has 0 atom stereocenters. The van der Waals surface area contributed by atoms with Gasteiger partial charge in [0.25, 0.3) is 0 Å². The van der Waals surface area contributed by atoms with Crippen LogP contribution in [-0.4, -0.2) is 80.1 Å². The molecule has 0 saturated carbocycles. The predicted molar refractivity (Wildman–Crippen MR) is 141 cm³/mol. The first-order chi connectivity index (χ1) is 17.6. The topological polar surface area (TPSA) is 112 Å². The van der Waals surface area contributed by atoms with E-state index in [4.69, 9.17) is 9.97 Å². The molecule has 2 aliphatic heterocycles. The molecule has 0 unspecified atom stereocenters. The molecule has 2 aliphatic rings. The molecule has 4 aromatic heterocycles. The summed E-state index contributed by atoms with van der Waals surface area (Å²) in [4.78, 5) is 23.1. The van der Waals surface area contributed by atoms with E-state index in [1.807, 2.05) is 66.1 Å². The number of aromatic nitrogens is 6. The Kier molecular flexibility index (Phi) is 5.74.